The highest BCUT2D eigenvalue weighted by molar-refractivity contribution is 5.94. The van der Waals surface area contributed by atoms with Crippen molar-refractivity contribution in [1.29, 1.82) is 0 Å². The first-order valence-corrected chi connectivity index (χ1v) is 10.9. The predicted molar refractivity (Wildman–Crippen MR) is 111 cm³/mol. The number of aryl methyl sites for hydroxylation is 1. The number of nitrogens with one attached hydrogen (secondary N) is 1. The van der Waals surface area contributed by atoms with Crippen molar-refractivity contribution in [3.05, 3.63) is 52.6 Å². The standard InChI is InChI=1S/C23H27FN4O3/c1-27-19-13-23(31-14-18(19)21(26-27)22(30)25-17-5-6-17)7-9-28(10-8-23)20(29)12-15-3-2-4-16(24)11-15/h2-4,11,17H,5-10,12-14H2,1H3,(H,25,30). The fourth-order valence-electron chi connectivity index (χ4n) is 4.64. The molecule has 3 heterocycles. The Balaban J connectivity index is 1.23. The molecule has 1 saturated carbocycles. The van der Waals surface area contributed by atoms with Crippen molar-refractivity contribution in [1.82, 2.24) is 20.0 Å². The van der Waals surface area contributed by atoms with E-state index in [4.69, 9.17) is 4.74 Å². The van der Waals surface area contributed by atoms with Crippen LogP contribution in [0.5, 0.6) is 0 Å². The van der Waals surface area contributed by atoms with Crippen LogP contribution in [0.3, 0.4) is 0 Å². The molecule has 1 spiro atoms. The molecule has 0 atom stereocenters. The number of rotatable bonds is 4. The molecule has 3 aliphatic rings. The second-order valence-corrected chi connectivity index (χ2v) is 8.98. The van der Waals surface area contributed by atoms with Crippen LogP contribution in [0, 0.1) is 5.82 Å². The highest BCUT2D eigenvalue weighted by atomic mass is 19.1. The van der Waals surface area contributed by atoms with E-state index >= 15 is 0 Å². The molecule has 0 bridgehead atoms. The van der Waals surface area contributed by atoms with E-state index < -0.39 is 0 Å². The summed E-state index contributed by atoms with van der Waals surface area (Å²) >= 11 is 0. The number of halogens is 1. The van der Waals surface area contributed by atoms with Crippen molar-refractivity contribution in [2.45, 2.75) is 56.8 Å². The zero-order chi connectivity index (χ0) is 21.6. The predicted octanol–water partition coefficient (Wildman–Crippen LogP) is 2.13. The number of hydrogen-bond acceptors (Lipinski definition) is 4. The maximum Gasteiger partial charge on any atom is 0.272 e. The number of carbonyl (C=O) groups is 2. The molecule has 2 fully saturated rings. The Morgan fingerprint density at radius 1 is 1.29 bits per heavy atom. The van der Waals surface area contributed by atoms with Gasteiger partial charge in [-0.15, -0.1) is 0 Å². The molecule has 2 aliphatic heterocycles. The average molecular weight is 426 g/mol. The summed E-state index contributed by atoms with van der Waals surface area (Å²) in [6, 6.07) is 6.48. The third-order valence-corrected chi connectivity index (χ3v) is 6.69. The number of carbonyl (C=O) groups excluding carboxylic acids is 2. The van der Waals surface area contributed by atoms with Crippen LogP contribution < -0.4 is 5.32 Å². The van der Waals surface area contributed by atoms with Crippen molar-refractivity contribution < 1.29 is 18.7 Å². The Morgan fingerprint density at radius 3 is 2.77 bits per heavy atom. The number of benzene rings is 1. The molecule has 1 saturated heterocycles. The van der Waals surface area contributed by atoms with Gasteiger partial charge in [-0.25, -0.2) is 4.39 Å². The average Bonchev–Trinajstić information content (AvgIpc) is 3.50. The largest absolute Gasteiger partial charge is 0.370 e. The Bertz CT molecular complexity index is 1020. The highest BCUT2D eigenvalue weighted by Gasteiger charge is 2.42. The molecule has 2 amide bonds. The van der Waals surface area contributed by atoms with Gasteiger partial charge in [-0.3, -0.25) is 14.3 Å². The summed E-state index contributed by atoms with van der Waals surface area (Å²) in [6.07, 6.45) is 4.43. The molecule has 164 valence electrons. The van der Waals surface area contributed by atoms with E-state index in [0.717, 1.165) is 36.9 Å². The molecule has 31 heavy (non-hydrogen) atoms. The lowest BCUT2D eigenvalue weighted by molar-refractivity contribution is -0.140. The minimum Gasteiger partial charge on any atom is -0.370 e. The Kier molecular flexibility index (Phi) is 5.04. The maximum atomic E-state index is 13.4. The number of piperidine rings is 1. The molecular weight excluding hydrogens is 399 g/mol. The first-order chi connectivity index (χ1) is 14.9. The summed E-state index contributed by atoms with van der Waals surface area (Å²) in [6.45, 7) is 1.58. The van der Waals surface area contributed by atoms with Crippen molar-refractivity contribution in [2.75, 3.05) is 13.1 Å². The molecule has 7 nitrogen and oxygen atoms in total. The van der Waals surface area contributed by atoms with Crippen molar-refractivity contribution >= 4 is 11.8 Å². The van der Waals surface area contributed by atoms with Crippen LogP contribution in [0.1, 0.15) is 53.0 Å². The van der Waals surface area contributed by atoms with Gasteiger partial charge in [0.15, 0.2) is 5.69 Å². The first-order valence-electron chi connectivity index (χ1n) is 10.9. The molecule has 1 aromatic heterocycles. The maximum absolute atomic E-state index is 13.4. The lowest BCUT2D eigenvalue weighted by atomic mass is 9.83. The minimum atomic E-state index is -0.333. The smallest absolute Gasteiger partial charge is 0.272 e. The number of aromatic nitrogens is 2. The number of amides is 2. The fraction of sp³-hybridized carbons (Fsp3) is 0.522. The monoisotopic (exact) mass is 426 g/mol. The zero-order valence-corrected chi connectivity index (χ0v) is 17.7. The SMILES string of the molecule is Cn1nc(C(=O)NC2CC2)c2c1CC1(CCN(C(=O)Cc3cccc(F)c3)CC1)OC2. The summed E-state index contributed by atoms with van der Waals surface area (Å²) in [5, 5.41) is 7.49. The molecular formula is C23H27FN4O3. The molecule has 1 aliphatic carbocycles. The number of hydrogen-bond donors (Lipinski definition) is 1. The number of nitrogens with zero attached hydrogens (tertiary/aromatic N) is 3. The van der Waals surface area contributed by atoms with Gasteiger partial charge >= 0.3 is 0 Å². The molecule has 2 aromatic rings. The van der Waals surface area contributed by atoms with Gasteiger partial charge < -0.3 is 15.0 Å². The van der Waals surface area contributed by atoms with Crippen molar-refractivity contribution in [2.24, 2.45) is 7.05 Å². The van der Waals surface area contributed by atoms with E-state index in [0.29, 0.717) is 37.4 Å². The third kappa shape index (κ3) is 4.08. The summed E-state index contributed by atoms with van der Waals surface area (Å²) in [5.41, 5.74) is 2.76. The van der Waals surface area contributed by atoms with Crippen LogP contribution in [0.25, 0.3) is 0 Å². The van der Waals surface area contributed by atoms with Crippen LogP contribution in [0.4, 0.5) is 4.39 Å². The number of fused-ring (bicyclic) bond motifs is 1. The lowest BCUT2D eigenvalue weighted by Gasteiger charge is -2.44. The molecule has 1 aromatic carbocycles. The topological polar surface area (TPSA) is 76.5 Å². The van der Waals surface area contributed by atoms with Gasteiger partial charge in [-0.05, 0) is 43.4 Å². The van der Waals surface area contributed by atoms with E-state index in [-0.39, 0.29) is 35.7 Å². The van der Waals surface area contributed by atoms with Gasteiger partial charge in [0.25, 0.3) is 5.91 Å². The van der Waals surface area contributed by atoms with E-state index in [9.17, 15) is 14.0 Å². The number of likely N-dealkylation sites (tertiary alicyclic amines) is 1. The van der Waals surface area contributed by atoms with Crippen LogP contribution in [0.2, 0.25) is 0 Å². The van der Waals surface area contributed by atoms with Gasteiger partial charge in [-0.1, -0.05) is 12.1 Å². The van der Waals surface area contributed by atoms with E-state index in [1.165, 1.54) is 12.1 Å². The van der Waals surface area contributed by atoms with Gasteiger partial charge in [0, 0.05) is 43.9 Å². The van der Waals surface area contributed by atoms with E-state index in [1.54, 1.807) is 12.1 Å². The molecule has 0 unspecified atom stereocenters. The summed E-state index contributed by atoms with van der Waals surface area (Å²) in [7, 11) is 1.88. The van der Waals surface area contributed by atoms with Crippen LogP contribution in [-0.4, -0.2) is 51.2 Å². The van der Waals surface area contributed by atoms with Crippen molar-refractivity contribution in [3.63, 3.8) is 0 Å². The van der Waals surface area contributed by atoms with E-state index in [2.05, 4.69) is 10.4 Å². The van der Waals surface area contributed by atoms with Gasteiger partial charge in [-0.2, -0.15) is 5.10 Å². The van der Waals surface area contributed by atoms with Gasteiger partial charge in [0.2, 0.25) is 5.91 Å². The molecule has 1 N–H and O–H groups in total. The minimum absolute atomic E-state index is 0.0107. The quantitative estimate of drug-likeness (QED) is 0.813. The van der Waals surface area contributed by atoms with Crippen LogP contribution in [-0.2, 0) is 36.0 Å². The highest BCUT2D eigenvalue weighted by Crippen LogP contribution is 2.37. The fourth-order valence-corrected chi connectivity index (χ4v) is 4.64. The van der Waals surface area contributed by atoms with E-state index in [1.807, 2.05) is 16.6 Å². The summed E-state index contributed by atoms with van der Waals surface area (Å²) in [4.78, 5) is 27.0. The second kappa shape index (κ2) is 7.75. The summed E-state index contributed by atoms with van der Waals surface area (Å²) in [5.74, 6) is -0.427. The van der Waals surface area contributed by atoms with Crippen LogP contribution >= 0.6 is 0 Å². The Hall–Kier alpha value is -2.74. The number of ether oxygens (including phenoxy) is 1. The summed E-state index contributed by atoms with van der Waals surface area (Å²) < 4.78 is 21.5. The first kappa shape index (κ1) is 20.2. The Labute approximate surface area is 180 Å². The van der Waals surface area contributed by atoms with Crippen molar-refractivity contribution in [3.8, 4) is 0 Å². The lowest BCUT2D eigenvalue weighted by Crippen LogP contribution is -2.51. The Morgan fingerprint density at radius 2 is 2.06 bits per heavy atom. The molecule has 8 heteroatoms. The van der Waals surface area contributed by atoms with Crippen LogP contribution in [0.15, 0.2) is 24.3 Å². The molecule has 5 rings (SSSR count). The molecule has 0 radical (unpaired) electrons. The zero-order valence-electron chi connectivity index (χ0n) is 17.7. The third-order valence-electron chi connectivity index (χ3n) is 6.69. The second-order valence-electron chi connectivity index (χ2n) is 8.98. The normalized spacial score (nSPS) is 19.9. The van der Waals surface area contributed by atoms with Gasteiger partial charge in [0.05, 0.1) is 18.6 Å². The van der Waals surface area contributed by atoms with Gasteiger partial charge in [0.1, 0.15) is 5.82 Å².